The Morgan fingerprint density at radius 1 is 1.12 bits per heavy atom. The van der Waals surface area contributed by atoms with Crippen molar-refractivity contribution in [3.8, 4) is 11.5 Å². The predicted molar refractivity (Wildman–Crippen MR) is 133 cm³/mol. The normalized spacial score (nSPS) is 14.9. The zero-order valence-electron chi connectivity index (χ0n) is 20.7. The number of anilines is 2. The van der Waals surface area contributed by atoms with Gasteiger partial charge in [0.05, 0.1) is 19.7 Å². The van der Waals surface area contributed by atoms with Gasteiger partial charge in [0.2, 0.25) is 11.9 Å². The molecule has 1 amide bonds. The number of hydrogen-bond donors (Lipinski definition) is 4. The highest BCUT2D eigenvalue weighted by Gasteiger charge is 2.22. The van der Waals surface area contributed by atoms with Gasteiger partial charge in [-0.1, -0.05) is 6.42 Å². The van der Waals surface area contributed by atoms with Crippen LogP contribution in [-0.2, 0) is 4.79 Å². The molecule has 0 atom stereocenters. The van der Waals surface area contributed by atoms with Crippen LogP contribution in [0.3, 0.4) is 0 Å². The Balaban J connectivity index is 1.74. The molecule has 1 fully saturated rings. The van der Waals surface area contributed by atoms with Crippen molar-refractivity contribution in [2.75, 3.05) is 44.5 Å². The lowest BCUT2D eigenvalue weighted by atomic mass is 10.0. The minimum atomic E-state index is -0.356. The SMILES string of the molecule is COc1cc2nc(NCCCCCC(=O)NO)nc(NC3CCN(C(C)C)CC3)c2cc1OC. The summed E-state index contributed by atoms with van der Waals surface area (Å²) in [6.07, 6.45) is 4.86. The topological polar surface area (TPSA) is 121 Å². The Labute approximate surface area is 201 Å². The number of fused-ring (bicyclic) bond motifs is 1. The van der Waals surface area contributed by atoms with Crippen molar-refractivity contribution < 1.29 is 19.5 Å². The average Bonchev–Trinajstić information content (AvgIpc) is 2.85. The van der Waals surface area contributed by atoms with Crippen molar-refractivity contribution in [2.24, 2.45) is 0 Å². The number of nitrogens with zero attached hydrogens (tertiary/aromatic N) is 3. The number of likely N-dealkylation sites (tertiary alicyclic amines) is 1. The first-order chi connectivity index (χ1) is 16.4. The number of nitrogens with one attached hydrogen (secondary N) is 3. The first kappa shape index (κ1) is 25.8. The molecule has 1 aliphatic rings. The average molecular weight is 475 g/mol. The zero-order chi connectivity index (χ0) is 24.5. The van der Waals surface area contributed by atoms with Gasteiger partial charge < -0.3 is 25.0 Å². The molecule has 4 N–H and O–H groups in total. The molecule has 0 unspecified atom stereocenters. The molecule has 10 heteroatoms. The number of methoxy groups -OCH3 is 2. The lowest BCUT2D eigenvalue weighted by Crippen LogP contribution is -2.42. The van der Waals surface area contributed by atoms with Crippen LogP contribution in [0.2, 0.25) is 0 Å². The largest absolute Gasteiger partial charge is 0.493 e. The van der Waals surface area contributed by atoms with Crippen LogP contribution in [0, 0.1) is 0 Å². The summed E-state index contributed by atoms with van der Waals surface area (Å²) in [5.74, 6) is 2.25. The summed E-state index contributed by atoms with van der Waals surface area (Å²) in [4.78, 5) is 23.1. The fraction of sp³-hybridized carbons (Fsp3) is 0.625. The summed E-state index contributed by atoms with van der Waals surface area (Å²) in [6.45, 7) is 7.30. The second-order valence-corrected chi connectivity index (χ2v) is 8.94. The summed E-state index contributed by atoms with van der Waals surface area (Å²) in [5.41, 5.74) is 2.44. The number of benzene rings is 1. The van der Waals surface area contributed by atoms with Gasteiger partial charge in [0.1, 0.15) is 5.82 Å². The number of ether oxygens (including phenoxy) is 2. The second kappa shape index (κ2) is 12.6. The van der Waals surface area contributed by atoms with Gasteiger partial charge in [-0.3, -0.25) is 10.0 Å². The van der Waals surface area contributed by atoms with Gasteiger partial charge in [-0.15, -0.1) is 0 Å². The molecule has 1 aliphatic heterocycles. The second-order valence-electron chi connectivity index (χ2n) is 8.94. The van der Waals surface area contributed by atoms with Crippen LogP contribution in [0.15, 0.2) is 12.1 Å². The maximum Gasteiger partial charge on any atom is 0.243 e. The molecule has 188 valence electrons. The number of unbranched alkanes of at least 4 members (excludes halogenated alkanes) is 2. The van der Waals surface area contributed by atoms with Crippen molar-refractivity contribution in [3.05, 3.63) is 12.1 Å². The van der Waals surface area contributed by atoms with Crippen molar-refractivity contribution in [3.63, 3.8) is 0 Å². The number of amides is 1. The van der Waals surface area contributed by atoms with Gasteiger partial charge in [0.25, 0.3) is 0 Å². The van der Waals surface area contributed by atoms with E-state index in [1.807, 2.05) is 12.1 Å². The molecule has 0 saturated carbocycles. The minimum Gasteiger partial charge on any atom is -0.493 e. The minimum absolute atomic E-state index is 0.314. The fourth-order valence-electron chi connectivity index (χ4n) is 4.24. The highest BCUT2D eigenvalue weighted by atomic mass is 16.5. The standard InChI is InChI=1S/C24H38N6O4/c1-16(2)30-12-9-17(10-13-30)26-23-18-14-20(33-3)21(34-4)15-19(18)27-24(28-23)25-11-7-5-6-8-22(31)29-32/h14-17,32H,5-13H2,1-4H3,(H,29,31)(H2,25,26,27,28). The fourth-order valence-corrected chi connectivity index (χ4v) is 4.24. The lowest BCUT2D eigenvalue weighted by Gasteiger charge is -2.35. The van der Waals surface area contributed by atoms with Crippen molar-refractivity contribution >= 4 is 28.6 Å². The number of hydrogen-bond acceptors (Lipinski definition) is 9. The molecule has 0 aliphatic carbocycles. The zero-order valence-corrected chi connectivity index (χ0v) is 20.7. The summed E-state index contributed by atoms with van der Waals surface area (Å²) in [5, 5.41) is 16.4. The Hall–Kier alpha value is -2.85. The monoisotopic (exact) mass is 474 g/mol. The van der Waals surface area contributed by atoms with E-state index < -0.39 is 0 Å². The molecule has 0 bridgehead atoms. The van der Waals surface area contributed by atoms with E-state index in [-0.39, 0.29) is 5.91 Å². The van der Waals surface area contributed by atoms with E-state index in [0.717, 1.165) is 55.5 Å². The first-order valence-corrected chi connectivity index (χ1v) is 12.1. The maximum atomic E-state index is 11.1. The number of hydroxylamine groups is 1. The summed E-state index contributed by atoms with van der Waals surface area (Å²) in [6, 6.07) is 4.70. The van der Waals surface area contributed by atoms with Crippen LogP contribution in [-0.4, -0.2) is 71.9 Å². The van der Waals surface area contributed by atoms with E-state index in [2.05, 4.69) is 29.4 Å². The molecule has 3 rings (SSSR count). The van der Waals surface area contributed by atoms with Gasteiger partial charge >= 0.3 is 0 Å². The Bertz CT molecular complexity index is 947. The molecular weight excluding hydrogens is 436 g/mol. The molecular formula is C24H38N6O4. The van der Waals surface area contributed by atoms with Crippen molar-refractivity contribution in [1.29, 1.82) is 0 Å². The van der Waals surface area contributed by atoms with Crippen LogP contribution in [0.25, 0.3) is 10.9 Å². The van der Waals surface area contributed by atoms with Gasteiger partial charge in [0, 0.05) is 49.6 Å². The summed E-state index contributed by atoms with van der Waals surface area (Å²) >= 11 is 0. The first-order valence-electron chi connectivity index (χ1n) is 12.1. The lowest BCUT2D eigenvalue weighted by molar-refractivity contribution is -0.129. The Morgan fingerprint density at radius 3 is 2.47 bits per heavy atom. The van der Waals surface area contributed by atoms with Crippen LogP contribution >= 0.6 is 0 Å². The van der Waals surface area contributed by atoms with E-state index in [1.54, 1.807) is 19.7 Å². The highest BCUT2D eigenvalue weighted by molar-refractivity contribution is 5.92. The summed E-state index contributed by atoms with van der Waals surface area (Å²) in [7, 11) is 3.24. The maximum absolute atomic E-state index is 11.1. The molecule has 10 nitrogen and oxygen atoms in total. The van der Waals surface area contributed by atoms with E-state index in [1.165, 1.54) is 0 Å². The van der Waals surface area contributed by atoms with Gasteiger partial charge in [-0.2, -0.15) is 4.98 Å². The van der Waals surface area contributed by atoms with Crippen LogP contribution in [0.1, 0.15) is 52.4 Å². The molecule has 2 aromatic rings. The number of carbonyl (C=O) groups is 1. The molecule has 34 heavy (non-hydrogen) atoms. The third kappa shape index (κ3) is 6.83. The van der Waals surface area contributed by atoms with Gasteiger partial charge in [0.15, 0.2) is 11.5 Å². The number of aromatic nitrogens is 2. The molecule has 2 heterocycles. The van der Waals surface area contributed by atoms with E-state index in [4.69, 9.17) is 24.6 Å². The molecule has 1 aromatic carbocycles. The van der Waals surface area contributed by atoms with Crippen LogP contribution in [0.5, 0.6) is 11.5 Å². The molecule has 0 spiro atoms. The van der Waals surface area contributed by atoms with Gasteiger partial charge in [-0.25, -0.2) is 10.5 Å². The van der Waals surface area contributed by atoms with Gasteiger partial charge in [-0.05, 0) is 45.6 Å². The van der Waals surface area contributed by atoms with Crippen LogP contribution in [0.4, 0.5) is 11.8 Å². The van der Waals surface area contributed by atoms with E-state index in [0.29, 0.717) is 48.9 Å². The third-order valence-electron chi connectivity index (χ3n) is 6.29. The smallest absolute Gasteiger partial charge is 0.243 e. The number of piperidine rings is 1. The highest BCUT2D eigenvalue weighted by Crippen LogP contribution is 2.35. The molecule has 1 saturated heterocycles. The van der Waals surface area contributed by atoms with Crippen LogP contribution < -0.4 is 25.6 Å². The number of rotatable bonds is 12. The van der Waals surface area contributed by atoms with Crippen molar-refractivity contribution in [1.82, 2.24) is 20.3 Å². The third-order valence-corrected chi connectivity index (χ3v) is 6.29. The summed E-state index contributed by atoms with van der Waals surface area (Å²) < 4.78 is 11.0. The quantitative estimate of drug-likeness (QED) is 0.208. The Kier molecular flexibility index (Phi) is 9.52. The van der Waals surface area contributed by atoms with E-state index >= 15 is 0 Å². The molecule has 1 aromatic heterocycles. The Morgan fingerprint density at radius 2 is 1.82 bits per heavy atom. The number of carbonyl (C=O) groups excluding carboxylic acids is 1. The van der Waals surface area contributed by atoms with Crippen molar-refractivity contribution in [2.45, 2.75) is 64.5 Å². The molecule has 0 radical (unpaired) electrons. The predicted octanol–water partition coefficient (Wildman–Crippen LogP) is 3.41. The van der Waals surface area contributed by atoms with E-state index in [9.17, 15) is 4.79 Å².